The van der Waals surface area contributed by atoms with Crippen molar-refractivity contribution >= 4 is 11.8 Å². The minimum Gasteiger partial charge on any atom is -0.369 e. The topological polar surface area (TPSA) is 89.4 Å². The summed E-state index contributed by atoms with van der Waals surface area (Å²) in [4.78, 5) is 24.7. The molecule has 1 aliphatic heterocycles. The molecule has 5 heteroatoms. The number of nitrogens with two attached hydrogens (primary N) is 2. The molecule has 4 N–H and O–H groups in total. The van der Waals surface area contributed by atoms with E-state index in [0.29, 0.717) is 26.1 Å². The van der Waals surface area contributed by atoms with Crippen molar-refractivity contribution in [3.8, 4) is 0 Å². The summed E-state index contributed by atoms with van der Waals surface area (Å²) < 4.78 is 0. The van der Waals surface area contributed by atoms with E-state index >= 15 is 0 Å². The van der Waals surface area contributed by atoms with Crippen molar-refractivity contribution < 1.29 is 9.59 Å². The maximum Gasteiger partial charge on any atom is 0.226 e. The molecule has 2 amide bonds. The van der Waals surface area contributed by atoms with E-state index in [2.05, 4.69) is 0 Å². The van der Waals surface area contributed by atoms with Crippen LogP contribution in [0.5, 0.6) is 0 Å². The van der Waals surface area contributed by atoms with Gasteiger partial charge < -0.3 is 16.4 Å². The molecule has 1 saturated heterocycles. The lowest BCUT2D eigenvalue weighted by molar-refractivity contribution is -0.134. The lowest BCUT2D eigenvalue weighted by atomic mass is 10.0. The Labute approximate surface area is 96.1 Å². The highest BCUT2D eigenvalue weighted by molar-refractivity contribution is 5.82. The van der Waals surface area contributed by atoms with Gasteiger partial charge in [-0.3, -0.25) is 9.59 Å². The van der Waals surface area contributed by atoms with Gasteiger partial charge in [-0.25, -0.2) is 0 Å². The van der Waals surface area contributed by atoms with Crippen molar-refractivity contribution in [3.63, 3.8) is 0 Å². The molecule has 0 bridgehead atoms. The van der Waals surface area contributed by atoms with Gasteiger partial charge in [0.1, 0.15) is 0 Å². The number of primary amides is 1. The van der Waals surface area contributed by atoms with Crippen LogP contribution >= 0.6 is 0 Å². The summed E-state index contributed by atoms with van der Waals surface area (Å²) in [5, 5.41) is 0. The number of carbonyl (C=O) groups is 2. The zero-order chi connectivity index (χ0) is 12.1. The highest BCUT2D eigenvalue weighted by atomic mass is 16.2. The first-order chi connectivity index (χ1) is 7.60. The third kappa shape index (κ3) is 2.95. The normalized spacial score (nSPS) is 22.1. The molecule has 2 atom stereocenters. The molecule has 1 heterocycles. The molecule has 0 radical (unpaired) electrons. The number of likely N-dealkylation sites (tertiary alicyclic amines) is 1. The van der Waals surface area contributed by atoms with E-state index in [0.717, 1.165) is 12.8 Å². The van der Waals surface area contributed by atoms with Crippen LogP contribution in [-0.2, 0) is 9.59 Å². The number of nitrogens with zero attached hydrogens (tertiary/aromatic N) is 1. The highest BCUT2D eigenvalue weighted by Crippen LogP contribution is 2.19. The second-order valence-electron chi connectivity index (χ2n) is 4.39. The monoisotopic (exact) mass is 227 g/mol. The minimum absolute atomic E-state index is 0.0769. The second kappa shape index (κ2) is 5.84. The van der Waals surface area contributed by atoms with Crippen LogP contribution in [-0.4, -0.2) is 36.3 Å². The SMILES string of the molecule is CCCC(CN)C(=O)N1CCC(C(N)=O)C1. The Balaban J connectivity index is 2.52. The third-order valence-corrected chi connectivity index (χ3v) is 3.17. The Hall–Kier alpha value is -1.10. The molecule has 1 fully saturated rings. The van der Waals surface area contributed by atoms with E-state index in [-0.39, 0.29) is 23.7 Å². The van der Waals surface area contributed by atoms with E-state index in [1.807, 2.05) is 6.92 Å². The fourth-order valence-corrected chi connectivity index (χ4v) is 2.14. The van der Waals surface area contributed by atoms with Crippen molar-refractivity contribution in [2.75, 3.05) is 19.6 Å². The predicted octanol–water partition coefficient (Wildman–Crippen LogP) is -0.305. The van der Waals surface area contributed by atoms with Crippen LogP contribution in [0.15, 0.2) is 0 Å². The lowest BCUT2D eigenvalue weighted by Gasteiger charge is -2.22. The highest BCUT2D eigenvalue weighted by Gasteiger charge is 2.32. The quantitative estimate of drug-likeness (QED) is 0.675. The Morgan fingerprint density at radius 3 is 2.62 bits per heavy atom. The summed E-state index contributed by atoms with van der Waals surface area (Å²) in [5.74, 6) is -0.510. The van der Waals surface area contributed by atoms with Crippen LogP contribution in [0.3, 0.4) is 0 Å². The summed E-state index contributed by atoms with van der Waals surface area (Å²) in [6.07, 6.45) is 2.44. The second-order valence-corrected chi connectivity index (χ2v) is 4.39. The molecule has 0 spiro atoms. The summed E-state index contributed by atoms with van der Waals surface area (Å²) in [6.45, 7) is 3.51. The van der Waals surface area contributed by atoms with Crippen molar-refractivity contribution in [1.29, 1.82) is 0 Å². The van der Waals surface area contributed by atoms with E-state index in [1.165, 1.54) is 0 Å². The van der Waals surface area contributed by atoms with Gasteiger partial charge in [-0.2, -0.15) is 0 Å². The summed E-state index contributed by atoms with van der Waals surface area (Å²) >= 11 is 0. The number of rotatable bonds is 5. The van der Waals surface area contributed by atoms with Gasteiger partial charge in [0.05, 0.1) is 11.8 Å². The maximum atomic E-state index is 12.0. The van der Waals surface area contributed by atoms with Crippen LogP contribution in [0.25, 0.3) is 0 Å². The van der Waals surface area contributed by atoms with Gasteiger partial charge in [0.25, 0.3) is 0 Å². The van der Waals surface area contributed by atoms with Gasteiger partial charge in [-0.05, 0) is 12.8 Å². The number of amides is 2. The smallest absolute Gasteiger partial charge is 0.226 e. The molecule has 0 aromatic heterocycles. The maximum absolute atomic E-state index is 12.0. The van der Waals surface area contributed by atoms with E-state index in [9.17, 15) is 9.59 Å². The number of hydrogen-bond acceptors (Lipinski definition) is 3. The van der Waals surface area contributed by atoms with Gasteiger partial charge in [-0.15, -0.1) is 0 Å². The zero-order valence-electron chi connectivity index (χ0n) is 9.82. The van der Waals surface area contributed by atoms with E-state index in [4.69, 9.17) is 11.5 Å². The fraction of sp³-hybridized carbons (Fsp3) is 0.818. The molecule has 1 rings (SSSR count). The Bertz CT molecular complexity index is 268. The van der Waals surface area contributed by atoms with Crippen LogP contribution < -0.4 is 11.5 Å². The number of carbonyl (C=O) groups excluding carboxylic acids is 2. The van der Waals surface area contributed by atoms with Gasteiger partial charge in [-0.1, -0.05) is 13.3 Å². The molecule has 0 saturated carbocycles. The molecule has 0 aromatic carbocycles. The Morgan fingerprint density at radius 1 is 1.50 bits per heavy atom. The van der Waals surface area contributed by atoms with Gasteiger partial charge >= 0.3 is 0 Å². The average Bonchev–Trinajstić information content (AvgIpc) is 2.74. The summed E-state index contributed by atoms with van der Waals surface area (Å²) in [5.41, 5.74) is 10.8. The zero-order valence-corrected chi connectivity index (χ0v) is 9.82. The molecule has 16 heavy (non-hydrogen) atoms. The first-order valence-electron chi connectivity index (χ1n) is 5.88. The molecular weight excluding hydrogens is 206 g/mol. The fourth-order valence-electron chi connectivity index (χ4n) is 2.14. The van der Waals surface area contributed by atoms with Gasteiger partial charge in [0.15, 0.2) is 0 Å². The molecule has 92 valence electrons. The van der Waals surface area contributed by atoms with E-state index < -0.39 is 0 Å². The largest absolute Gasteiger partial charge is 0.369 e. The molecule has 0 aromatic rings. The minimum atomic E-state index is -0.310. The standard InChI is InChI=1S/C11H21N3O2/c1-2-3-8(6-12)11(16)14-5-4-9(7-14)10(13)15/h8-9H,2-7,12H2,1H3,(H2,13,15). The van der Waals surface area contributed by atoms with Crippen LogP contribution in [0, 0.1) is 11.8 Å². The van der Waals surface area contributed by atoms with Crippen LogP contribution in [0.4, 0.5) is 0 Å². The van der Waals surface area contributed by atoms with Crippen LogP contribution in [0.2, 0.25) is 0 Å². The number of hydrogen-bond donors (Lipinski definition) is 2. The first-order valence-corrected chi connectivity index (χ1v) is 5.88. The van der Waals surface area contributed by atoms with Crippen molar-refractivity contribution in [1.82, 2.24) is 4.90 Å². The van der Waals surface area contributed by atoms with Gasteiger partial charge in [0.2, 0.25) is 11.8 Å². The molecule has 5 nitrogen and oxygen atoms in total. The van der Waals surface area contributed by atoms with Gasteiger partial charge in [0, 0.05) is 19.6 Å². The molecular formula is C11H21N3O2. The Morgan fingerprint density at radius 2 is 2.19 bits per heavy atom. The third-order valence-electron chi connectivity index (χ3n) is 3.17. The first kappa shape index (κ1) is 13.0. The predicted molar refractivity (Wildman–Crippen MR) is 61.3 cm³/mol. The lowest BCUT2D eigenvalue weighted by Crippen LogP contribution is -2.38. The van der Waals surface area contributed by atoms with Crippen LogP contribution in [0.1, 0.15) is 26.2 Å². The van der Waals surface area contributed by atoms with E-state index in [1.54, 1.807) is 4.90 Å². The van der Waals surface area contributed by atoms with Crippen molar-refractivity contribution in [3.05, 3.63) is 0 Å². The Kier molecular flexibility index (Phi) is 4.73. The van der Waals surface area contributed by atoms with Crippen molar-refractivity contribution in [2.24, 2.45) is 23.3 Å². The average molecular weight is 227 g/mol. The molecule has 2 unspecified atom stereocenters. The molecule has 0 aliphatic carbocycles. The molecule has 1 aliphatic rings. The summed E-state index contributed by atoms with van der Waals surface area (Å²) in [6, 6.07) is 0. The summed E-state index contributed by atoms with van der Waals surface area (Å²) in [7, 11) is 0. The van der Waals surface area contributed by atoms with Crippen molar-refractivity contribution in [2.45, 2.75) is 26.2 Å².